The lowest BCUT2D eigenvalue weighted by atomic mass is 9.84. The Hall–Kier alpha value is -1.59. The van der Waals surface area contributed by atoms with Crippen LogP contribution in [0, 0.1) is 6.92 Å². The molecule has 0 heterocycles. The van der Waals surface area contributed by atoms with Crippen molar-refractivity contribution in [2.24, 2.45) is 0 Å². The number of benzene rings is 1. The summed E-state index contributed by atoms with van der Waals surface area (Å²) in [7, 11) is 1.69. The minimum absolute atomic E-state index is 0.0356. The molecule has 1 aromatic carbocycles. The molecule has 5 nitrogen and oxygen atoms in total. The fourth-order valence-electron chi connectivity index (χ4n) is 2.57. The van der Waals surface area contributed by atoms with Gasteiger partial charge in [0.25, 0.3) is 0 Å². The fourth-order valence-corrected chi connectivity index (χ4v) is 2.57. The van der Waals surface area contributed by atoms with Crippen molar-refractivity contribution in [1.82, 2.24) is 0 Å². The van der Waals surface area contributed by atoms with E-state index in [4.69, 9.17) is 14.6 Å². The monoisotopic (exact) mass is 279 g/mol. The van der Waals surface area contributed by atoms with Crippen LogP contribution < -0.4 is 5.32 Å². The molecular weight excluding hydrogens is 258 g/mol. The van der Waals surface area contributed by atoms with E-state index in [0.29, 0.717) is 12.2 Å². The molecule has 0 bridgehead atoms. The Morgan fingerprint density at radius 3 is 2.80 bits per heavy atom. The highest BCUT2D eigenvalue weighted by molar-refractivity contribution is 5.88. The highest BCUT2D eigenvalue weighted by Gasteiger charge is 2.42. The van der Waals surface area contributed by atoms with Crippen LogP contribution >= 0.6 is 0 Å². The molecule has 0 saturated heterocycles. The van der Waals surface area contributed by atoms with Crippen LogP contribution in [0.4, 0.5) is 5.69 Å². The average molecular weight is 279 g/mol. The Kier molecular flexibility index (Phi) is 4.62. The minimum atomic E-state index is -0.908. The molecule has 2 N–H and O–H groups in total. The molecule has 0 aromatic heterocycles. The Morgan fingerprint density at radius 2 is 2.25 bits per heavy atom. The molecule has 5 heteroatoms. The smallest absolute Gasteiger partial charge is 0.335 e. The largest absolute Gasteiger partial charge is 0.478 e. The summed E-state index contributed by atoms with van der Waals surface area (Å²) >= 11 is 0. The lowest BCUT2D eigenvalue weighted by molar-refractivity contribution is -0.118. The maximum atomic E-state index is 10.9. The zero-order chi connectivity index (χ0) is 14.7. The zero-order valence-electron chi connectivity index (χ0n) is 12.1. The van der Waals surface area contributed by atoms with E-state index in [1.54, 1.807) is 25.3 Å². The maximum Gasteiger partial charge on any atom is 0.335 e. The van der Waals surface area contributed by atoms with E-state index >= 15 is 0 Å². The number of carboxylic acids is 1. The molecule has 1 aromatic rings. The predicted molar refractivity (Wildman–Crippen MR) is 76.4 cm³/mol. The highest BCUT2D eigenvalue weighted by atomic mass is 16.5. The SMILES string of the molecule is CCOC1CC(Nc2ccc(C(=O)O)cc2C)C1OC. The number of methoxy groups -OCH3 is 1. The van der Waals surface area contributed by atoms with Crippen LogP contribution in [0.3, 0.4) is 0 Å². The van der Waals surface area contributed by atoms with Crippen molar-refractivity contribution in [3.05, 3.63) is 29.3 Å². The summed E-state index contributed by atoms with van der Waals surface area (Å²) in [6.07, 6.45) is 1.07. The standard InChI is InChI=1S/C15H21NO4/c1-4-20-13-8-12(14(13)19-3)16-11-6-5-10(15(17)18)7-9(11)2/h5-7,12-14,16H,4,8H2,1-3H3,(H,17,18). The number of rotatable bonds is 6. The molecule has 3 atom stereocenters. The lowest BCUT2D eigenvalue weighted by Crippen LogP contribution is -2.56. The molecule has 110 valence electrons. The van der Waals surface area contributed by atoms with E-state index in [9.17, 15) is 4.79 Å². The number of hydrogen-bond acceptors (Lipinski definition) is 4. The summed E-state index contributed by atoms with van der Waals surface area (Å²) in [4.78, 5) is 10.9. The van der Waals surface area contributed by atoms with Crippen LogP contribution in [0.2, 0.25) is 0 Å². The van der Waals surface area contributed by atoms with E-state index in [-0.39, 0.29) is 18.2 Å². The molecule has 3 unspecified atom stereocenters. The molecule has 1 fully saturated rings. The van der Waals surface area contributed by atoms with Crippen LogP contribution in [0.15, 0.2) is 18.2 Å². The van der Waals surface area contributed by atoms with Gasteiger partial charge in [0.2, 0.25) is 0 Å². The van der Waals surface area contributed by atoms with Crippen LogP contribution in [-0.2, 0) is 9.47 Å². The summed E-state index contributed by atoms with van der Waals surface area (Å²) in [5.41, 5.74) is 2.16. The number of ether oxygens (including phenoxy) is 2. The molecule has 1 aliphatic rings. The second-order valence-corrected chi connectivity index (χ2v) is 5.02. The molecule has 0 amide bonds. The van der Waals surface area contributed by atoms with Gasteiger partial charge < -0.3 is 19.9 Å². The molecule has 0 spiro atoms. The second-order valence-electron chi connectivity index (χ2n) is 5.02. The topological polar surface area (TPSA) is 67.8 Å². The molecular formula is C15H21NO4. The third kappa shape index (κ3) is 2.94. The van der Waals surface area contributed by atoms with Crippen LogP contribution in [-0.4, -0.2) is 43.0 Å². The van der Waals surface area contributed by atoms with Gasteiger partial charge in [0, 0.05) is 19.4 Å². The Bertz CT molecular complexity index is 489. The maximum absolute atomic E-state index is 10.9. The Balaban J connectivity index is 2.02. The minimum Gasteiger partial charge on any atom is -0.478 e. The summed E-state index contributed by atoms with van der Waals surface area (Å²) in [5.74, 6) is -0.908. The van der Waals surface area contributed by atoms with Gasteiger partial charge in [-0.15, -0.1) is 0 Å². The first-order valence-electron chi connectivity index (χ1n) is 6.81. The first kappa shape index (κ1) is 14.8. The van der Waals surface area contributed by atoms with E-state index in [1.165, 1.54) is 0 Å². The third-order valence-electron chi connectivity index (χ3n) is 3.72. The number of aryl methyl sites for hydroxylation is 1. The van der Waals surface area contributed by atoms with Gasteiger partial charge in [-0.3, -0.25) is 0 Å². The summed E-state index contributed by atoms with van der Waals surface area (Å²) in [6.45, 7) is 4.56. The fraction of sp³-hybridized carbons (Fsp3) is 0.533. The Labute approximate surface area is 118 Å². The average Bonchev–Trinajstić information content (AvgIpc) is 2.39. The van der Waals surface area contributed by atoms with Gasteiger partial charge in [-0.05, 0) is 44.0 Å². The number of hydrogen-bond donors (Lipinski definition) is 2. The lowest BCUT2D eigenvalue weighted by Gasteiger charge is -2.44. The van der Waals surface area contributed by atoms with Gasteiger partial charge in [0.15, 0.2) is 0 Å². The third-order valence-corrected chi connectivity index (χ3v) is 3.72. The number of carbonyl (C=O) groups is 1. The number of carboxylic acid groups (broad SMARTS) is 1. The van der Waals surface area contributed by atoms with Gasteiger partial charge in [-0.2, -0.15) is 0 Å². The first-order chi connectivity index (χ1) is 9.56. The normalized spacial score (nSPS) is 25.1. The van der Waals surface area contributed by atoms with Gasteiger partial charge in [-0.25, -0.2) is 4.79 Å². The van der Waals surface area contributed by atoms with Crippen molar-refractivity contribution < 1.29 is 19.4 Å². The van der Waals surface area contributed by atoms with Crippen molar-refractivity contribution in [1.29, 1.82) is 0 Å². The zero-order valence-corrected chi connectivity index (χ0v) is 12.1. The Morgan fingerprint density at radius 1 is 1.50 bits per heavy atom. The van der Waals surface area contributed by atoms with Crippen molar-refractivity contribution in [3.63, 3.8) is 0 Å². The number of anilines is 1. The molecule has 2 rings (SSSR count). The number of nitrogens with one attached hydrogen (secondary N) is 1. The van der Waals surface area contributed by atoms with Crippen molar-refractivity contribution in [2.75, 3.05) is 19.0 Å². The van der Waals surface area contributed by atoms with Gasteiger partial charge >= 0.3 is 5.97 Å². The quantitative estimate of drug-likeness (QED) is 0.836. The summed E-state index contributed by atoms with van der Waals surface area (Å²) in [5, 5.41) is 12.4. The van der Waals surface area contributed by atoms with Gasteiger partial charge in [0.05, 0.1) is 17.7 Å². The summed E-state index contributed by atoms with van der Waals surface area (Å²) in [6, 6.07) is 5.29. The molecule has 0 aliphatic heterocycles. The van der Waals surface area contributed by atoms with E-state index in [2.05, 4.69) is 5.32 Å². The van der Waals surface area contributed by atoms with Crippen LogP contribution in [0.1, 0.15) is 29.3 Å². The van der Waals surface area contributed by atoms with Crippen molar-refractivity contribution in [2.45, 2.75) is 38.5 Å². The van der Waals surface area contributed by atoms with Gasteiger partial charge in [0.1, 0.15) is 6.10 Å². The molecule has 1 saturated carbocycles. The van der Waals surface area contributed by atoms with Crippen molar-refractivity contribution >= 4 is 11.7 Å². The molecule has 20 heavy (non-hydrogen) atoms. The van der Waals surface area contributed by atoms with Crippen LogP contribution in [0.25, 0.3) is 0 Å². The van der Waals surface area contributed by atoms with E-state index in [0.717, 1.165) is 17.7 Å². The second kappa shape index (κ2) is 6.24. The van der Waals surface area contributed by atoms with Crippen LogP contribution in [0.5, 0.6) is 0 Å². The summed E-state index contributed by atoms with van der Waals surface area (Å²) < 4.78 is 11.0. The predicted octanol–water partition coefficient (Wildman–Crippen LogP) is 2.30. The highest BCUT2D eigenvalue weighted by Crippen LogP contribution is 2.31. The van der Waals surface area contributed by atoms with E-state index < -0.39 is 5.97 Å². The molecule has 0 radical (unpaired) electrons. The van der Waals surface area contributed by atoms with Crippen molar-refractivity contribution in [3.8, 4) is 0 Å². The first-order valence-corrected chi connectivity index (χ1v) is 6.81. The van der Waals surface area contributed by atoms with E-state index in [1.807, 2.05) is 13.8 Å². The van der Waals surface area contributed by atoms with Gasteiger partial charge in [-0.1, -0.05) is 0 Å². The number of aromatic carboxylic acids is 1. The molecule has 1 aliphatic carbocycles.